The van der Waals surface area contributed by atoms with Gasteiger partial charge in [0.2, 0.25) is 6.79 Å². The van der Waals surface area contributed by atoms with E-state index in [9.17, 15) is 14.7 Å². The summed E-state index contributed by atoms with van der Waals surface area (Å²) in [7, 11) is 0. The molecule has 4 N–H and O–H groups in total. The molecule has 0 saturated heterocycles. The SMILES string of the molecule is CCn1cc(/C(=N/NC(N)=S)C(=O)O)c(=O)c2cc3c(cc21)OCO3. The first-order valence-electron chi connectivity index (χ1n) is 7.26. The fraction of sp³-hybridized carbons (Fsp3) is 0.200. The summed E-state index contributed by atoms with van der Waals surface area (Å²) < 4.78 is 12.4. The van der Waals surface area contributed by atoms with Crippen LogP contribution >= 0.6 is 12.2 Å². The summed E-state index contributed by atoms with van der Waals surface area (Å²) in [6.07, 6.45) is 1.43. The quantitative estimate of drug-likeness (QED) is 0.404. The van der Waals surface area contributed by atoms with Crippen LogP contribution in [0.3, 0.4) is 0 Å². The molecule has 0 atom stereocenters. The maximum Gasteiger partial charge on any atom is 0.357 e. The predicted molar refractivity (Wildman–Crippen MR) is 94.1 cm³/mol. The van der Waals surface area contributed by atoms with Gasteiger partial charge in [-0.15, -0.1) is 0 Å². The van der Waals surface area contributed by atoms with Crippen LogP contribution in [0.25, 0.3) is 10.9 Å². The highest BCUT2D eigenvalue weighted by Gasteiger charge is 2.22. The standard InChI is InChI=1S/C15H14N4O5S/c1-2-19-5-8(12(14(21)22)17-18-15(16)25)13(20)7-3-10-11(4-9(7)19)24-6-23-10/h3-5H,2,6H2,1H3,(H,21,22)(H3,16,18,25)/b17-12-. The van der Waals surface area contributed by atoms with Gasteiger partial charge in [-0.3, -0.25) is 10.2 Å². The van der Waals surface area contributed by atoms with Crippen LogP contribution in [0.4, 0.5) is 0 Å². The summed E-state index contributed by atoms with van der Waals surface area (Å²) in [4.78, 5) is 24.4. The summed E-state index contributed by atoms with van der Waals surface area (Å²) in [6, 6.07) is 3.23. The van der Waals surface area contributed by atoms with Crippen molar-refractivity contribution >= 4 is 39.9 Å². The van der Waals surface area contributed by atoms with E-state index in [0.29, 0.717) is 28.9 Å². The lowest BCUT2D eigenvalue weighted by Gasteiger charge is -2.12. The van der Waals surface area contributed by atoms with Crippen molar-refractivity contribution in [3.63, 3.8) is 0 Å². The number of hydrogen-bond acceptors (Lipinski definition) is 6. The monoisotopic (exact) mass is 362 g/mol. The molecule has 0 fully saturated rings. The fourth-order valence-corrected chi connectivity index (χ4v) is 2.59. The minimum absolute atomic E-state index is 0.0680. The average molecular weight is 362 g/mol. The van der Waals surface area contributed by atoms with E-state index >= 15 is 0 Å². The lowest BCUT2D eigenvalue weighted by atomic mass is 10.1. The van der Waals surface area contributed by atoms with E-state index < -0.39 is 17.1 Å². The van der Waals surface area contributed by atoms with E-state index in [0.717, 1.165) is 0 Å². The number of hydrogen-bond donors (Lipinski definition) is 3. The van der Waals surface area contributed by atoms with E-state index in [1.54, 1.807) is 10.6 Å². The van der Waals surface area contributed by atoms with Crippen LogP contribution in [0, 0.1) is 0 Å². The molecule has 1 aromatic carbocycles. The number of fused-ring (bicyclic) bond motifs is 2. The second kappa shape index (κ2) is 6.40. The van der Waals surface area contributed by atoms with Gasteiger partial charge in [0.25, 0.3) is 0 Å². The molecule has 1 aliphatic heterocycles. The van der Waals surface area contributed by atoms with Crippen molar-refractivity contribution in [3.05, 3.63) is 34.1 Å². The van der Waals surface area contributed by atoms with Gasteiger partial charge in [-0.05, 0) is 25.2 Å². The van der Waals surface area contributed by atoms with Gasteiger partial charge in [0.05, 0.1) is 16.5 Å². The van der Waals surface area contributed by atoms with Crippen LogP contribution in [0.15, 0.2) is 28.2 Å². The highest BCUT2D eigenvalue weighted by atomic mass is 32.1. The van der Waals surface area contributed by atoms with E-state index in [1.165, 1.54) is 12.3 Å². The Balaban J connectivity index is 2.29. The molecule has 9 nitrogen and oxygen atoms in total. The van der Waals surface area contributed by atoms with E-state index in [-0.39, 0.29) is 17.5 Å². The molecular weight excluding hydrogens is 348 g/mol. The molecule has 0 saturated carbocycles. The highest BCUT2D eigenvalue weighted by molar-refractivity contribution is 7.80. The van der Waals surface area contributed by atoms with Crippen LogP contribution in [-0.4, -0.2) is 33.3 Å². The van der Waals surface area contributed by atoms with Gasteiger partial charge in [-0.1, -0.05) is 0 Å². The second-order valence-electron chi connectivity index (χ2n) is 5.12. The molecule has 10 heteroatoms. The van der Waals surface area contributed by atoms with E-state index in [4.69, 9.17) is 15.2 Å². The largest absolute Gasteiger partial charge is 0.476 e. The number of thiocarbonyl (C=S) groups is 1. The van der Waals surface area contributed by atoms with Gasteiger partial charge in [-0.25, -0.2) is 4.79 Å². The fourth-order valence-electron chi connectivity index (χ4n) is 2.54. The Kier molecular flexibility index (Phi) is 4.28. The molecule has 0 unspecified atom stereocenters. The molecule has 1 aromatic heterocycles. The molecule has 25 heavy (non-hydrogen) atoms. The lowest BCUT2D eigenvalue weighted by molar-refractivity contribution is -0.129. The first-order chi connectivity index (χ1) is 11.9. The number of nitrogens with zero attached hydrogens (tertiary/aromatic N) is 2. The zero-order chi connectivity index (χ0) is 18.1. The molecule has 0 amide bonds. The normalized spacial score (nSPS) is 13.1. The molecule has 130 valence electrons. The third-order valence-corrected chi connectivity index (χ3v) is 3.74. The lowest BCUT2D eigenvalue weighted by Crippen LogP contribution is -2.31. The van der Waals surface area contributed by atoms with Gasteiger partial charge in [0, 0.05) is 18.8 Å². The van der Waals surface area contributed by atoms with Crippen molar-refractivity contribution in [1.82, 2.24) is 9.99 Å². The van der Waals surface area contributed by atoms with Gasteiger partial charge in [-0.2, -0.15) is 5.10 Å². The summed E-state index contributed by atoms with van der Waals surface area (Å²) in [5.74, 6) is -0.424. The molecule has 0 spiro atoms. The van der Waals surface area contributed by atoms with Crippen molar-refractivity contribution in [2.75, 3.05) is 6.79 Å². The number of ether oxygens (including phenoxy) is 2. The number of aromatic nitrogens is 1. The van der Waals surface area contributed by atoms with Crippen LogP contribution in [0.5, 0.6) is 11.5 Å². The minimum Gasteiger partial charge on any atom is -0.476 e. The van der Waals surface area contributed by atoms with Crippen LogP contribution in [-0.2, 0) is 11.3 Å². The first kappa shape index (κ1) is 16.7. The Labute approximate surface area is 146 Å². The number of pyridine rings is 1. The number of aryl methyl sites for hydroxylation is 1. The molecule has 2 heterocycles. The van der Waals surface area contributed by atoms with Crippen LogP contribution in [0.1, 0.15) is 12.5 Å². The first-order valence-corrected chi connectivity index (χ1v) is 7.66. The third-order valence-electron chi connectivity index (χ3n) is 3.65. The molecule has 2 aromatic rings. The number of carbonyl (C=O) groups is 1. The Morgan fingerprint density at radius 1 is 1.44 bits per heavy atom. The Morgan fingerprint density at radius 3 is 2.72 bits per heavy atom. The van der Waals surface area contributed by atoms with Gasteiger partial charge in [0.15, 0.2) is 27.8 Å². The van der Waals surface area contributed by atoms with Gasteiger partial charge >= 0.3 is 5.97 Å². The molecule has 0 bridgehead atoms. The highest BCUT2D eigenvalue weighted by Crippen LogP contribution is 2.35. The molecule has 3 rings (SSSR count). The number of aliphatic carboxylic acids is 1. The van der Waals surface area contributed by atoms with Crippen molar-refractivity contribution in [2.45, 2.75) is 13.5 Å². The van der Waals surface area contributed by atoms with Crippen molar-refractivity contribution in [3.8, 4) is 11.5 Å². The summed E-state index contributed by atoms with van der Waals surface area (Å²) >= 11 is 4.62. The number of carboxylic acid groups (broad SMARTS) is 1. The number of rotatable bonds is 4. The topological polar surface area (TPSA) is 128 Å². The number of nitrogens with one attached hydrogen (secondary N) is 1. The molecule has 1 aliphatic rings. The Bertz CT molecular complexity index is 982. The maximum absolute atomic E-state index is 12.8. The maximum atomic E-state index is 12.8. The average Bonchev–Trinajstić information content (AvgIpc) is 3.02. The third kappa shape index (κ3) is 2.98. The summed E-state index contributed by atoms with van der Waals surface area (Å²) in [5, 5.41) is 13.1. The zero-order valence-corrected chi connectivity index (χ0v) is 13.9. The predicted octanol–water partition coefficient (Wildman–Crippen LogP) is 0.372. The van der Waals surface area contributed by atoms with E-state index in [2.05, 4.69) is 22.7 Å². The molecule has 0 aliphatic carbocycles. The second-order valence-corrected chi connectivity index (χ2v) is 5.56. The summed E-state index contributed by atoms with van der Waals surface area (Å²) in [5.41, 5.74) is 7.00. The van der Waals surface area contributed by atoms with Crippen molar-refractivity contribution in [1.29, 1.82) is 0 Å². The Morgan fingerprint density at radius 2 is 2.12 bits per heavy atom. The molecular formula is C15H14N4O5S. The number of carboxylic acids is 1. The zero-order valence-electron chi connectivity index (χ0n) is 13.1. The molecule has 0 radical (unpaired) electrons. The van der Waals surface area contributed by atoms with Crippen molar-refractivity contribution < 1.29 is 19.4 Å². The number of benzene rings is 1. The van der Waals surface area contributed by atoms with Gasteiger partial charge < -0.3 is 24.9 Å². The van der Waals surface area contributed by atoms with Crippen LogP contribution in [0.2, 0.25) is 0 Å². The number of hydrazone groups is 1. The summed E-state index contributed by atoms with van der Waals surface area (Å²) in [6.45, 7) is 2.43. The van der Waals surface area contributed by atoms with Crippen molar-refractivity contribution in [2.24, 2.45) is 10.8 Å². The number of nitrogens with two attached hydrogens (primary N) is 1. The van der Waals surface area contributed by atoms with Crippen LogP contribution < -0.4 is 26.1 Å². The Hall–Kier alpha value is -3.14. The van der Waals surface area contributed by atoms with Gasteiger partial charge in [0.1, 0.15) is 0 Å². The minimum atomic E-state index is -1.39. The smallest absolute Gasteiger partial charge is 0.357 e. The van der Waals surface area contributed by atoms with E-state index in [1.807, 2.05) is 6.92 Å².